The van der Waals surface area contributed by atoms with Crippen LogP contribution in [0.5, 0.6) is 0 Å². The molecule has 25 heavy (non-hydrogen) atoms. The van der Waals surface area contributed by atoms with E-state index in [0.717, 1.165) is 23.0 Å². The molecule has 1 unspecified atom stereocenters. The summed E-state index contributed by atoms with van der Waals surface area (Å²) in [5, 5.41) is 7.59. The first-order valence-electron chi connectivity index (χ1n) is 7.69. The van der Waals surface area contributed by atoms with Gasteiger partial charge < -0.3 is 15.1 Å². The van der Waals surface area contributed by atoms with Gasteiger partial charge in [0.1, 0.15) is 5.76 Å². The van der Waals surface area contributed by atoms with Crippen LogP contribution in [0.15, 0.2) is 33.7 Å². The number of rotatable bonds is 6. The van der Waals surface area contributed by atoms with Crippen LogP contribution in [0, 0.1) is 13.8 Å². The molecule has 1 aromatic heterocycles. The Morgan fingerprint density at radius 2 is 2.12 bits per heavy atom. The van der Waals surface area contributed by atoms with Crippen LogP contribution in [-0.4, -0.2) is 30.8 Å². The van der Waals surface area contributed by atoms with Crippen molar-refractivity contribution in [2.45, 2.75) is 25.6 Å². The third-order valence-corrected chi connectivity index (χ3v) is 4.91. The first-order chi connectivity index (χ1) is 11.5. The molecule has 0 radical (unpaired) electrons. The van der Waals surface area contributed by atoms with Crippen LogP contribution in [0.3, 0.4) is 0 Å². The van der Waals surface area contributed by atoms with Crippen molar-refractivity contribution < 1.29 is 4.42 Å². The van der Waals surface area contributed by atoms with E-state index in [1.54, 1.807) is 18.8 Å². The Hall–Kier alpha value is -0.930. The predicted octanol–water partition coefficient (Wildman–Crippen LogP) is 4.33. The molecule has 2 rings (SSSR count). The summed E-state index contributed by atoms with van der Waals surface area (Å²) >= 11 is 7.85. The molecule has 0 fully saturated rings. The van der Waals surface area contributed by atoms with E-state index in [0.29, 0.717) is 18.4 Å². The first-order valence-corrected chi connectivity index (χ1v) is 9.35. The summed E-state index contributed by atoms with van der Waals surface area (Å²) in [6, 6.07) is 7.94. The number of thioether (sulfide) groups is 1. The van der Waals surface area contributed by atoms with Crippen LogP contribution < -0.4 is 10.6 Å². The minimum atomic E-state index is 0. The fourth-order valence-electron chi connectivity index (χ4n) is 2.23. The summed E-state index contributed by atoms with van der Waals surface area (Å²) in [6.45, 7) is 5.08. The summed E-state index contributed by atoms with van der Waals surface area (Å²) in [6.07, 6.45) is 2.09. The lowest BCUT2D eigenvalue weighted by Crippen LogP contribution is -2.38. The molecule has 0 saturated heterocycles. The maximum absolute atomic E-state index is 6.09. The quantitative estimate of drug-likeness (QED) is 0.355. The number of guanidine groups is 1. The number of benzene rings is 1. The topological polar surface area (TPSA) is 62.5 Å². The van der Waals surface area contributed by atoms with Crippen LogP contribution in [-0.2, 0) is 6.54 Å². The molecular weight excluding hydrogens is 471 g/mol. The van der Waals surface area contributed by atoms with E-state index >= 15 is 0 Å². The third-order valence-electron chi connectivity index (χ3n) is 3.66. The molecule has 8 heteroatoms. The number of hydrogen-bond acceptors (Lipinski definition) is 4. The van der Waals surface area contributed by atoms with E-state index in [1.165, 1.54) is 5.56 Å². The Bertz CT molecular complexity index is 688. The van der Waals surface area contributed by atoms with Crippen molar-refractivity contribution in [3.05, 3.63) is 52.2 Å². The highest BCUT2D eigenvalue weighted by molar-refractivity contribution is 14.0. The van der Waals surface area contributed by atoms with Gasteiger partial charge in [0.05, 0.1) is 12.2 Å². The van der Waals surface area contributed by atoms with Crippen LogP contribution in [0.2, 0.25) is 5.02 Å². The molecule has 0 spiro atoms. The summed E-state index contributed by atoms with van der Waals surface area (Å²) in [5.41, 5.74) is 2.11. The van der Waals surface area contributed by atoms with E-state index < -0.39 is 0 Å². The molecule has 1 aromatic carbocycles. The number of aromatic nitrogens is 1. The van der Waals surface area contributed by atoms with E-state index in [4.69, 9.17) is 16.0 Å². The lowest BCUT2D eigenvalue weighted by Gasteiger charge is -2.18. The number of aliphatic imine (C=N–C) groups is 1. The molecule has 0 saturated carbocycles. The zero-order valence-electron chi connectivity index (χ0n) is 14.8. The second-order valence-corrected chi connectivity index (χ2v) is 6.81. The smallest absolute Gasteiger partial charge is 0.214 e. The number of nitrogens with one attached hydrogen (secondary N) is 2. The number of hydrogen-bond donors (Lipinski definition) is 2. The highest BCUT2D eigenvalue weighted by atomic mass is 127. The molecule has 2 aromatic rings. The minimum absolute atomic E-state index is 0. The monoisotopic (exact) mass is 494 g/mol. The molecule has 0 aliphatic rings. The SMILES string of the molecule is CN=C(NCc1nc(C)c(C)o1)NCC(SC)c1cccc(Cl)c1.I. The van der Waals surface area contributed by atoms with Crippen LogP contribution in [0.25, 0.3) is 0 Å². The standard InChI is InChI=1S/C17H23ClN4OS.HI/c1-11-12(2)23-16(22-11)10-21-17(19-3)20-9-15(24-4)13-6-5-7-14(18)8-13;/h5-8,15H,9-10H2,1-4H3,(H2,19,20,21);1H. The second-order valence-electron chi connectivity index (χ2n) is 5.34. The van der Waals surface area contributed by atoms with Gasteiger partial charge in [0.15, 0.2) is 5.96 Å². The summed E-state index contributed by atoms with van der Waals surface area (Å²) in [5.74, 6) is 2.21. The lowest BCUT2D eigenvalue weighted by atomic mass is 10.1. The largest absolute Gasteiger partial charge is 0.444 e. The molecule has 138 valence electrons. The fraction of sp³-hybridized carbons (Fsp3) is 0.412. The van der Waals surface area contributed by atoms with E-state index in [2.05, 4.69) is 32.9 Å². The van der Waals surface area contributed by atoms with Crippen molar-refractivity contribution >= 4 is 53.3 Å². The van der Waals surface area contributed by atoms with Crippen molar-refractivity contribution in [3.8, 4) is 0 Å². The highest BCUT2D eigenvalue weighted by Crippen LogP contribution is 2.27. The molecule has 5 nitrogen and oxygen atoms in total. The van der Waals surface area contributed by atoms with Crippen molar-refractivity contribution in [1.82, 2.24) is 15.6 Å². The average molecular weight is 495 g/mol. The summed E-state index contributed by atoms with van der Waals surface area (Å²) in [7, 11) is 1.74. The van der Waals surface area contributed by atoms with Gasteiger partial charge in [-0.05, 0) is 37.8 Å². The van der Waals surface area contributed by atoms with Crippen LogP contribution in [0.1, 0.15) is 28.2 Å². The van der Waals surface area contributed by atoms with Gasteiger partial charge >= 0.3 is 0 Å². The Morgan fingerprint density at radius 1 is 1.36 bits per heavy atom. The van der Waals surface area contributed by atoms with Gasteiger partial charge in [-0.25, -0.2) is 4.98 Å². The molecule has 1 heterocycles. The normalized spacial score (nSPS) is 12.4. The molecule has 0 aliphatic heterocycles. The van der Waals surface area contributed by atoms with Gasteiger partial charge in [-0.1, -0.05) is 23.7 Å². The van der Waals surface area contributed by atoms with Crippen LogP contribution >= 0.6 is 47.3 Å². The predicted molar refractivity (Wildman–Crippen MR) is 117 cm³/mol. The van der Waals surface area contributed by atoms with E-state index in [-0.39, 0.29) is 29.2 Å². The summed E-state index contributed by atoms with van der Waals surface area (Å²) in [4.78, 5) is 8.59. The fourth-order valence-corrected chi connectivity index (χ4v) is 3.10. The lowest BCUT2D eigenvalue weighted by molar-refractivity contribution is 0.463. The number of halogens is 2. The third kappa shape index (κ3) is 6.71. The first kappa shape index (κ1) is 22.1. The molecule has 0 aliphatic carbocycles. The maximum atomic E-state index is 6.09. The number of oxazole rings is 1. The second kappa shape index (κ2) is 10.9. The number of aryl methyl sites for hydroxylation is 2. The molecule has 2 N–H and O–H groups in total. The van der Waals surface area contributed by atoms with Crippen molar-refractivity contribution in [2.24, 2.45) is 4.99 Å². The maximum Gasteiger partial charge on any atom is 0.214 e. The molecule has 1 atom stereocenters. The van der Waals surface area contributed by atoms with Gasteiger partial charge in [-0.3, -0.25) is 4.99 Å². The Balaban J connectivity index is 0.00000312. The number of nitrogens with zero attached hydrogens (tertiary/aromatic N) is 2. The molecular formula is C17H24ClIN4OS. The Kier molecular flexibility index (Phi) is 9.66. The van der Waals surface area contributed by atoms with Gasteiger partial charge in [-0.15, -0.1) is 24.0 Å². The zero-order chi connectivity index (χ0) is 17.5. The minimum Gasteiger partial charge on any atom is -0.444 e. The van der Waals surface area contributed by atoms with E-state index in [1.807, 2.05) is 32.0 Å². The van der Waals surface area contributed by atoms with Gasteiger partial charge in [0.25, 0.3) is 0 Å². The Labute approximate surface area is 175 Å². The van der Waals surface area contributed by atoms with Crippen molar-refractivity contribution in [3.63, 3.8) is 0 Å². The summed E-state index contributed by atoms with van der Waals surface area (Å²) < 4.78 is 5.56. The average Bonchev–Trinajstić information content (AvgIpc) is 2.89. The molecule has 0 bridgehead atoms. The van der Waals surface area contributed by atoms with Gasteiger partial charge in [0, 0.05) is 23.9 Å². The zero-order valence-corrected chi connectivity index (χ0v) is 18.7. The van der Waals surface area contributed by atoms with E-state index in [9.17, 15) is 0 Å². The van der Waals surface area contributed by atoms with Crippen molar-refractivity contribution in [2.75, 3.05) is 19.8 Å². The molecule has 0 amide bonds. The van der Waals surface area contributed by atoms with Gasteiger partial charge in [0.2, 0.25) is 5.89 Å². The van der Waals surface area contributed by atoms with Gasteiger partial charge in [-0.2, -0.15) is 11.8 Å². The Morgan fingerprint density at radius 3 is 2.68 bits per heavy atom. The highest BCUT2D eigenvalue weighted by Gasteiger charge is 2.12. The van der Waals surface area contributed by atoms with Crippen LogP contribution in [0.4, 0.5) is 0 Å². The van der Waals surface area contributed by atoms with Crippen molar-refractivity contribution in [1.29, 1.82) is 0 Å².